The molecule has 0 aliphatic heterocycles. The van der Waals surface area contributed by atoms with Crippen LogP contribution in [0, 0.1) is 3.83 Å². The van der Waals surface area contributed by atoms with Gasteiger partial charge in [0, 0.05) is 39.9 Å². The Morgan fingerprint density at radius 3 is 2.92 bits per heavy atom. The third-order valence-electron chi connectivity index (χ3n) is 1.98. The molecule has 1 N–H and O–H groups in total. The molecule has 13 heavy (non-hydrogen) atoms. The average Bonchev–Trinajstić information content (AvgIpc) is 2.46. The highest BCUT2D eigenvalue weighted by molar-refractivity contribution is 14.1. The van der Waals surface area contributed by atoms with Crippen molar-refractivity contribution in [1.82, 2.24) is 15.0 Å². The monoisotopic (exact) mass is 287 g/mol. The molecule has 0 saturated carbocycles. The van der Waals surface area contributed by atoms with Crippen LogP contribution in [0.25, 0.3) is 11.0 Å². The van der Waals surface area contributed by atoms with E-state index in [4.69, 9.17) is 0 Å². The average molecular weight is 287 g/mol. The molecule has 0 unspecified atom stereocenters. The lowest BCUT2D eigenvalue weighted by atomic mass is 10.1. The molecular formula is C9H10IN3. The van der Waals surface area contributed by atoms with Gasteiger partial charge < -0.3 is 4.98 Å². The number of H-pyrrole nitrogens is 1. The van der Waals surface area contributed by atoms with Gasteiger partial charge in [-0.2, -0.15) is 0 Å². The molecular weight excluding hydrogens is 277 g/mol. The molecule has 0 aliphatic carbocycles. The molecule has 0 amide bonds. The van der Waals surface area contributed by atoms with Gasteiger partial charge >= 0.3 is 0 Å². The summed E-state index contributed by atoms with van der Waals surface area (Å²) in [6.07, 6.45) is 1.85. The molecule has 0 atom stereocenters. The Morgan fingerprint density at radius 1 is 1.46 bits per heavy atom. The molecule has 4 heteroatoms. The highest BCUT2D eigenvalue weighted by atomic mass is 127. The van der Waals surface area contributed by atoms with E-state index in [1.807, 2.05) is 6.20 Å². The van der Waals surface area contributed by atoms with Crippen LogP contribution in [0.4, 0.5) is 0 Å². The number of hydrogen-bond donors (Lipinski definition) is 1. The molecule has 3 nitrogen and oxygen atoms in total. The molecule has 0 aliphatic rings. The minimum Gasteiger partial charge on any atom is -0.343 e. The van der Waals surface area contributed by atoms with Gasteiger partial charge in [0.05, 0.1) is 0 Å². The number of nitrogens with zero attached hydrogens (tertiary/aromatic N) is 2. The first kappa shape index (κ1) is 8.93. The predicted octanol–water partition coefficient (Wildman–Crippen LogP) is 2.69. The van der Waals surface area contributed by atoms with Crippen LogP contribution < -0.4 is 0 Å². The van der Waals surface area contributed by atoms with Crippen molar-refractivity contribution in [2.45, 2.75) is 19.8 Å². The molecule has 0 fully saturated rings. The van der Waals surface area contributed by atoms with Crippen molar-refractivity contribution >= 4 is 33.6 Å². The summed E-state index contributed by atoms with van der Waals surface area (Å²) in [4.78, 5) is 11.7. The van der Waals surface area contributed by atoms with Gasteiger partial charge in [-0.15, -0.1) is 0 Å². The van der Waals surface area contributed by atoms with E-state index in [2.05, 4.69) is 57.5 Å². The van der Waals surface area contributed by atoms with E-state index in [0.29, 0.717) is 5.92 Å². The maximum atomic E-state index is 4.30. The molecule has 2 aromatic rings. The largest absolute Gasteiger partial charge is 0.343 e. The molecule has 2 rings (SSSR count). The van der Waals surface area contributed by atoms with Crippen molar-refractivity contribution in [3.05, 3.63) is 21.8 Å². The summed E-state index contributed by atoms with van der Waals surface area (Å²) in [7, 11) is 0. The van der Waals surface area contributed by atoms with E-state index in [0.717, 1.165) is 14.9 Å². The van der Waals surface area contributed by atoms with Crippen LogP contribution in [0.3, 0.4) is 0 Å². The number of halogens is 1. The topological polar surface area (TPSA) is 41.6 Å². The van der Waals surface area contributed by atoms with Crippen molar-refractivity contribution in [2.75, 3.05) is 0 Å². The fraction of sp³-hybridized carbons (Fsp3) is 0.333. The van der Waals surface area contributed by atoms with Crippen molar-refractivity contribution in [2.24, 2.45) is 0 Å². The Kier molecular flexibility index (Phi) is 2.23. The number of rotatable bonds is 1. The summed E-state index contributed by atoms with van der Waals surface area (Å²) < 4.78 is 0.780. The number of aromatic amines is 1. The maximum absolute atomic E-state index is 4.30. The number of hydrogen-bond acceptors (Lipinski definition) is 2. The second-order valence-electron chi connectivity index (χ2n) is 3.32. The summed E-state index contributed by atoms with van der Waals surface area (Å²) in [6, 6.07) is 2.11. The standard InChI is InChI=1S/C9H10IN3/c1-5(2)7-3-6-4-11-9(10)13-8(6)12-7/h3-5H,1-2H3,(H,11,12,13). The van der Waals surface area contributed by atoms with Gasteiger partial charge in [0.2, 0.25) is 0 Å². The fourth-order valence-electron chi connectivity index (χ4n) is 1.23. The van der Waals surface area contributed by atoms with Crippen LogP contribution in [0.1, 0.15) is 25.5 Å². The molecule has 0 spiro atoms. The van der Waals surface area contributed by atoms with Crippen LogP contribution in [0.2, 0.25) is 0 Å². The molecule has 0 aromatic carbocycles. The predicted molar refractivity (Wildman–Crippen MR) is 60.7 cm³/mol. The quantitative estimate of drug-likeness (QED) is 0.647. The van der Waals surface area contributed by atoms with Crippen LogP contribution in [-0.2, 0) is 0 Å². The van der Waals surface area contributed by atoms with E-state index < -0.39 is 0 Å². The van der Waals surface area contributed by atoms with Gasteiger partial charge in [-0.3, -0.25) is 0 Å². The van der Waals surface area contributed by atoms with Crippen LogP contribution in [-0.4, -0.2) is 15.0 Å². The van der Waals surface area contributed by atoms with E-state index in [1.165, 1.54) is 5.69 Å². The summed E-state index contributed by atoms with van der Waals surface area (Å²) in [5, 5.41) is 1.09. The van der Waals surface area contributed by atoms with Gasteiger partial charge in [0.1, 0.15) is 5.65 Å². The first-order chi connectivity index (χ1) is 6.16. The normalized spacial score (nSPS) is 11.4. The zero-order valence-electron chi connectivity index (χ0n) is 7.50. The molecule has 0 bridgehead atoms. The maximum Gasteiger partial charge on any atom is 0.192 e. The minimum absolute atomic E-state index is 0.506. The highest BCUT2D eigenvalue weighted by Gasteiger charge is 2.05. The van der Waals surface area contributed by atoms with E-state index in [1.54, 1.807) is 0 Å². The van der Waals surface area contributed by atoms with E-state index in [9.17, 15) is 0 Å². The Hall–Kier alpha value is -0.650. The molecule has 0 saturated heterocycles. The smallest absolute Gasteiger partial charge is 0.192 e. The van der Waals surface area contributed by atoms with Crippen LogP contribution in [0.5, 0.6) is 0 Å². The van der Waals surface area contributed by atoms with Crippen molar-refractivity contribution in [1.29, 1.82) is 0 Å². The zero-order chi connectivity index (χ0) is 9.42. The third-order valence-corrected chi connectivity index (χ3v) is 2.50. The highest BCUT2D eigenvalue weighted by Crippen LogP contribution is 2.18. The van der Waals surface area contributed by atoms with Gasteiger partial charge in [-0.25, -0.2) is 9.97 Å². The molecule has 68 valence electrons. The lowest BCUT2D eigenvalue weighted by molar-refractivity contribution is 0.835. The van der Waals surface area contributed by atoms with E-state index >= 15 is 0 Å². The second kappa shape index (κ2) is 3.25. The van der Waals surface area contributed by atoms with Gasteiger partial charge in [0.25, 0.3) is 0 Å². The fourth-order valence-corrected chi connectivity index (χ4v) is 1.61. The Balaban J connectivity index is 2.62. The molecule has 0 radical (unpaired) electrons. The number of nitrogens with one attached hydrogen (secondary N) is 1. The zero-order valence-corrected chi connectivity index (χ0v) is 9.66. The minimum atomic E-state index is 0.506. The van der Waals surface area contributed by atoms with Gasteiger partial charge in [-0.05, 0) is 12.0 Å². The number of fused-ring (bicyclic) bond motifs is 1. The van der Waals surface area contributed by atoms with Crippen molar-refractivity contribution in [3.63, 3.8) is 0 Å². The van der Waals surface area contributed by atoms with Crippen LogP contribution >= 0.6 is 22.6 Å². The Morgan fingerprint density at radius 2 is 2.23 bits per heavy atom. The van der Waals surface area contributed by atoms with Crippen molar-refractivity contribution < 1.29 is 0 Å². The second-order valence-corrected chi connectivity index (χ2v) is 4.29. The Labute approximate surface area is 90.1 Å². The lowest BCUT2D eigenvalue weighted by Gasteiger charge is -1.97. The Bertz CT molecular complexity index is 433. The third kappa shape index (κ3) is 1.67. The number of aromatic nitrogens is 3. The van der Waals surface area contributed by atoms with Gasteiger partial charge in [0.15, 0.2) is 3.83 Å². The van der Waals surface area contributed by atoms with Crippen LogP contribution in [0.15, 0.2) is 12.3 Å². The van der Waals surface area contributed by atoms with E-state index in [-0.39, 0.29) is 0 Å². The lowest BCUT2D eigenvalue weighted by Crippen LogP contribution is -1.87. The first-order valence-corrected chi connectivity index (χ1v) is 5.26. The summed E-state index contributed by atoms with van der Waals surface area (Å²) >= 11 is 2.11. The van der Waals surface area contributed by atoms with Gasteiger partial charge in [-0.1, -0.05) is 13.8 Å². The molecule has 2 heterocycles. The SMILES string of the molecule is CC(C)c1cc2cnc(I)nc2[nH]1. The summed E-state index contributed by atoms with van der Waals surface area (Å²) in [6.45, 7) is 4.31. The summed E-state index contributed by atoms with van der Waals surface area (Å²) in [5.41, 5.74) is 2.15. The molecule has 2 aromatic heterocycles. The first-order valence-electron chi connectivity index (χ1n) is 4.18. The van der Waals surface area contributed by atoms with Crippen molar-refractivity contribution in [3.8, 4) is 0 Å². The summed E-state index contributed by atoms with van der Waals surface area (Å²) in [5.74, 6) is 0.506.